The Kier molecular flexibility index (Phi) is 6.94. The summed E-state index contributed by atoms with van der Waals surface area (Å²) in [4.78, 5) is 25.4. The smallest absolute Gasteiger partial charge is 0.337 e. The molecule has 5 aromatic carbocycles. The molecular weight excluding hydrogens is 498 g/mol. The predicted octanol–water partition coefficient (Wildman–Crippen LogP) is 5.61. The number of esters is 1. The van der Waals surface area contributed by atoms with Gasteiger partial charge in [0.15, 0.2) is 0 Å². The molecule has 0 aliphatic heterocycles. The predicted molar refractivity (Wildman–Crippen MR) is 147 cm³/mol. The number of hydrogen-bond acceptors (Lipinski definition) is 5. The van der Waals surface area contributed by atoms with E-state index in [2.05, 4.69) is 4.72 Å². The largest absolute Gasteiger partial charge is 0.465 e. The highest BCUT2D eigenvalue weighted by Gasteiger charge is 2.27. The molecule has 38 heavy (non-hydrogen) atoms. The second kappa shape index (κ2) is 10.5. The molecule has 0 aliphatic carbocycles. The molecule has 5 aromatic rings. The van der Waals surface area contributed by atoms with Crippen molar-refractivity contribution < 1.29 is 22.7 Å². The Balaban J connectivity index is 1.48. The monoisotopic (exact) mass is 523 g/mol. The summed E-state index contributed by atoms with van der Waals surface area (Å²) in [6.07, 6.45) is 0.235. The highest BCUT2D eigenvalue weighted by atomic mass is 32.2. The van der Waals surface area contributed by atoms with Crippen molar-refractivity contribution in [2.45, 2.75) is 17.2 Å². The molecule has 1 atom stereocenters. The number of hydrogen-bond donors (Lipinski definition) is 1. The summed E-state index contributed by atoms with van der Waals surface area (Å²) >= 11 is 0. The zero-order valence-electron chi connectivity index (χ0n) is 20.6. The van der Waals surface area contributed by atoms with Gasteiger partial charge in [0, 0.05) is 0 Å². The lowest BCUT2D eigenvalue weighted by Gasteiger charge is -2.19. The Labute approximate surface area is 220 Å². The van der Waals surface area contributed by atoms with Gasteiger partial charge in [-0.3, -0.25) is 4.79 Å². The molecule has 0 radical (unpaired) electrons. The molecule has 0 saturated heterocycles. The van der Waals surface area contributed by atoms with Gasteiger partial charge in [-0.05, 0) is 63.4 Å². The van der Waals surface area contributed by atoms with Crippen LogP contribution < -0.4 is 4.72 Å². The van der Waals surface area contributed by atoms with Crippen molar-refractivity contribution in [1.82, 2.24) is 4.72 Å². The number of amides is 1. The van der Waals surface area contributed by atoms with Crippen LogP contribution in [0.3, 0.4) is 0 Å². The van der Waals surface area contributed by atoms with Gasteiger partial charge < -0.3 is 4.74 Å². The summed E-state index contributed by atoms with van der Waals surface area (Å²) in [6.45, 7) is 0. The molecule has 1 N–H and O–H groups in total. The fourth-order valence-electron chi connectivity index (χ4n) is 4.51. The van der Waals surface area contributed by atoms with E-state index >= 15 is 0 Å². The highest BCUT2D eigenvalue weighted by molar-refractivity contribution is 7.90. The maximum atomic E-state index is 13.6. The van der Waals surface area contributed by atoms with Crippen LogP contribution in [0, 0.1) is 0 Å². The van der Waals surface area contributed by atoms with Crippen LogP contribution in [-0.4, -0.2) is 27.4 Å². The third kappa shape index (κ3) is 5.28. The topological polar surface area (TPSA) is 89.5 Å². The summed E-state index contributed by atoms with van der Waals surface area (Å²) < 4.78 is 33.6. The molecule has 0 saturated carbocycles. The quantitative estimate of drug-likeness (QED) is 0.280. The van der Waals surface area contributed by atoms with Crippen LogP contribution >= 0.6 is 0 Å². The maximum absolute atomic E-state index is 13.6. The summed E-state index contributed by atoms with van der Waals surface area (Å²) in [6, 6.07) is 32.4. The van der Waals surface area contributed by atoms with Gasteiger partial charge in [-0.2, -0.15) is 0 Å². The number of rotatable bonds is 7. The summed E-state index contributed by atoms with van der Waals surface area (Å²) in [5, 5.41) is 3.63. The third-order valence-electron chi connectivity index (χ3n) is 6.57. The van der Waals surface area contributed by atoms with E-state index < -0.39 is 27.8 Å². The number of sulfonamides is 1. The average Bonchev–Trinajstić information content (AvgIpc) is 2.95. The second-order valence-electron chi connectivity index (χ2n) is 9.03. The first-order chi connectivity index (χ1) is 18.3. The number of carbonyl (C=O) groups is 2. The van der Waals surface area contributed by atoms with Crippen molar-refractivity contribution in [1.29, 1.82) is 0 Å². The van der Waals surface area contributed by atoms with Crippen LogP contribution in [-0.2, 0) is 26.0 Å². The van der Waals surface area contributed by atoms with E-state index in [-0.39, 0.29) is 11.3 Å². The van der Waals surface area contributed by atoms with Gasteiger partial charge in [-0.15, -0.1) is 0 Å². The van der Waals surface area contributed by atoms with Crippen molar-refractivity contribution in [2.24, 2.45) is 0 Å². The van der Waals surface area contributed by atoms with Crippen LogP contribution in [0.25, 0.3) is 21.5 Å². The van der Waals surface area contributed by atoms with Gasteiger partial charge in [0.1, 0.15) is 0 Å². The van der Waals surface area contributed by atoms with Gasteiger partial charge >= 0.3 is 5.97 Å². The molecule has 1 unspecified atom stereocenters. The van der Waals surface area contributed by atoms with Crippen molar-refractivity contribution in [3.63, 3.8) is 0 Å². The van der Waals surface area contributed by atoms with Gasteiger partial charge in [-0.1, -0.05) is 84.9 Å². The zero-order chi connectivity index (χ0) is 26.7. The molecule has 0 aromatic heterocycles. The van der Waals surface area contributed by atoms with Crippen molar-refractivity contribution in [3.05, 3.63) is 126 Å². The van der Waals surface area contributed by atoms with Crippen LogP contribution in [0.5, 0.6) is 0 Å². The minimum Gasteiger partial charge on any atom is -0.465 e. The van der Waals surface area contributed by atoms with Gasteiger partial charge in [0.25, 0.3) is 10.0 Å². The van der Waals surface area contributed by atoms with E-state index in [1.807, 2.05) is 66.7 Å². The Morgan fingerprint density at radius 1 is 0.737 bits per heavy atom. The molecule has 6 nitrogen and oxygen atoms in total. The Bertz CT molecular complexity index is 1760. The molecule has 5 rings (SSSR count). The molecule has 7 heteroatoms. The van der Waals surface area contributed by atoms with Crippen LogP contribution in [0.15, 0.2) is 114 Å². The number of benzene rings is 5. The van der Waals surface area contributed by atoms with Crippen molar-refractivity contribution in [3.8, 4) is 0 Å². The van der Waals surface area contributed by atoms with Gasteiger partial charge in [-0.25, -0.2) is 17.9 Å². The molecule has 0 bridgehead atoms. The average molecular weight is 524 g/mol. The zero-order valence-corrected chi connectivity index (χ0v) is 21.4. The van der Waals surface area contributed by atoms with E-state index in [4.69, 9.17) is 4.74 Å². The van der Waals surface area contributed by atoms with Crippen LogP contribution in [0.2, 0.25) is 0 Å². The Morgan fingerprint density at radius 3 is 1.95 bits per heavy atom. The Hall–Kier alpha value is -4.49. The molecule has 0 spiro atoms. The molecule has 190 valence electrons. The van der Waals surface area contributed by atoms with E-state index in [0.717, 1.165) is 27.1 Å². The van der Waals surface area contributed by atoms with Crippen molar-refractivity contribution in [2.75, 3.05) is 7.11 Å². The minimum atomic E-state index is -4.12. The first-order valence-corrected chi connectivity index (χ1v) is 13.5. The first kappa shape index (κ1) is 25.2. The highest BCUT2D eigenvalue weighted by Crippen LogP contribution is 2.27. The minimum absolute atomic E-state index is 0.0178. The van der Waals surface area contributed by atoms with Crippen LogP contribution in [0.4, 0.5) is 0 Å². The van der Waals surface area contributed by atoms with Gasteiger partial charge in [0.2, 0.25) is 5.91 Å². The number of ether oxygens (including phenoxy) is 1. The van der Waals surface area contributed by atoms with Crippen molar-refractivity contribution >= 4 is 43.4 Å². The SMILES string of the molecule is COC(=O)c1ccc(CC(C(=O)NS(=O)(=O)c2ccc3ccccc3c2)c2ccc3ccccc3c2)cc1. The number of carbonyl (C=O) groups excluding carboxylic acids is 2. The normalized spacial score (nSPS) is 12.2. The summed E-state index contributed by atoms with van der Waals surface area (Å²) in [7, 11) is -2.81. The molecular formula is C31H25NO5S. The standard InChI is InChI=1S/C31H25NO5S/c1-37-31(34)24-12-10-21(11-13-24)18-29(27-15-14-22-6-2-4-8-25(22)19-27)30(33)32-38(35,36)28-17-16-23-7-3-5-9-26(23)20-28/h2-17,19-20,29H,18H2,1H3,(H,32,33). The Morgan fingerprint density at radius 2 is 1.32 bits per heavy atom. The lowest BCUT2D eigenvalue weighted by atomic mass is 9.90. The second-order valence-corrected chi connectivity index (χ2v) is 10.7. The molecule has 0 aliphatic rings. The number of methoxy groups -OCH3 is 1. The molecule has 1 amide bonds. The lowest BCUT2D eigenvalue weighted by Crippen LogP contribution is -2.35. The molecule has 0 heterocycles. The summed E-state index contributed by atoms with van der Waals surface area (Å²) in [5.41, 5.74) is 1.85. The van der Waals surface area contributed by atoms with Crippen LogP contribution in [0.1, 0.15) is 27.4 Å². The molecule has 0 fully saturated rings. The number of nitrogens with one attached hydrogen (secondary N) is 1. The van der Waals surface area contributed by atoms with E-state index in [1.165, 1.54) is 13.2 Å². The summed E-state index contributed by atoms with van der Waals surface area (Å²) in [5.74, 6) is -1.88. The van der Waals surface area contributed by atoms with E-state index in [1.54, 1.807) is 36.4 Å². The van der Waals surface area contributed by atoms with E-state index in [0.29, 0.717) is 11.1 Å². The fraction of sp³-hybridized carbons (Fsp3) is 0.0968. The lowest BCUT2D eigenvalue weighted by molar-refractivity contribution is -0.120. The fourth-order valence-corrected chi connectivity index (χ4v) is 5.57. The third-order valence-corrected chi connectivity index (χ3v) is 7.92. The van der Waals surface area contributed by atoms with E-state index in [9.17, 15) is 18.0 Å². The maximum Gasteiger partial charge on any atom is 0.337 e. The first-order valence-electron chi connectivity index (χ1n) is 12.1. The van der Waals surface area contributed by atoms with Gasteiger partial charge in [0.05, 0.1) is 23.5 Å². The number of fused-ring (bicyclic) bond motifs is 2.